The van der Waals surface area contributed by atoms with Crippen molar-refractivity contribution < 1.29 is 33.4 Å². The van der Waals surface area contributed by atoms with Crippen LogP contribution in [0.25, 0.3) is 0 Å². The van der Waals surface area contributed by atoms with Crippen LogP contribution in [-0.4, -0.2) is 63.1 Å². The van der Waals surface area contributed by atoms with E-state index in [1.54, 1.807) is 4.90 Å². The van der Waals surface area contributed by atoms with Crippen LogP contribution in [0.4, 0.5) is 15.9 Å². The molecule has 6 rings (SSSR count). The Hall–Kier alpha value is -4.53. The number of nitrogens with one attached hydrogen (secondary N) is 1. The number of hydrogen-bond donors (Lipinski definition) is 1. The highest BCUT2D eigenvalue weighted by Gasteiger charge is 2.72. The Morgan fingerprint density at radius 2 is 1.89 bits per heavy atom. The van der Waals surface area contributed by atoms with E-state index in [0.29, 0.717) is 0 Å². The summed E-state index contributed by atoms with van der Waals surface area (Å²) in [4.78, 5) is 69.6. The molecule has 1 saturated heterocycles. The number of pyridine rings is 1. The average molecular weight is 672 g/mol. The van der Waals surface area contributed by atoms with Gasteiger partial charge in [-0.05, 0) is 49.1 Å². The monoisotopic (exact) mass is 671 g/mol. The number of nitro groups is 2. The topological polar surface area (TPSA) is 175 Å². The second-order valence-electron chi connectivity index (χ2n) is 11.4. The van der Waals surface area contributed by atoms with Gasteiger partial charge in [-0.3, -0.25) is 34.7 Å². The van der Waals surface area contributed by atoms with E-state index in [4.69, 9.17) is 23.2 Å². The van der Waals surface area contributed by atoms with E-state index in [1.165, 1.54) is 36.4 Å². The number of rotatable bonds is 9. The van der Waals surface area contributed by atoms with Crippen molar-refractivity contribution in [3.8, 4) is 0 Å². The fourth-order valence-corrected chi connectivity index (χ4v) is 7.16. The zero-order valence-electron chi connectivity index (χ0n) is 23.9. The highest BCUT2D eigenvalue weighted by molar-refractivity contribution is 6.31. The number of fused-ring (bicyclic) bond motifs is 2. The number of nitrogens with zero attached hydrogens (tertiary/aromatic N) is 4. The minimum atomic E-state index is -1.93. The maximum Gasteiger partial charge on any atom is 0.338 e. The molecule has 2 aliphatic heterocycles. The molecule has 238 valence electrons. The van der Waals surface area contributed by atoms with Crippen LogP contribution in [0, 0.1) is 32.0 Å². The zero-order chi connectivity index (χ0) is 33.1. The molecule has 16 heteroatoms. The third kappa shape index (κ3) is 4.96. The number of carbonyl (C=O) groups is 3. The molecule has 46 heavy (non-hydrogen) atoms. The number of ketones is 1. The minimum absolute atomic E-state index is 0.00984. The number of benzene rings is 2. The van der Waals surface area contributed by atoms with Gasteiger partial charge in [0.05, 0.1) is 40.1 Å². The predicted molar refractivity (Wildman–Crippen MR) is 161 cm³/mol. The number of ether oxygens (including phenoxy) is 1. The van der Waals surface area contributed by atoms with Crippen molar-refractivity contribution in [1.29, 1.82) is 0 Å². The molecule has 13 nitrogen and oxygen atoms in total. The quantitative estimate of drug-likeness (QED) is 0.105. The number of amides is 1. The van der Waals surface area contributed by atoms with E-state index in [0.717, 1.165) is 32.1 Å². The maximum absolute atomic E-state index is 15.9. The lowest BCUT2D eigenvalue weighted by atomic mass is 9.73. The second-order valence-corrected chi connectivity index (χ2v) is 12.2. The molecule has 3 aliphatic rings. The summed E-state index contributed by atoms with van der Waals surface area (Å²) >= 11 is 12.3. The van der Waals surface area contributed by atoms with E-state index in [2.05, 4.69) is 15.0 Å². The van der Waals surface area contributed by atoms with Crippen molar-refractivity contribution in [3.05, 3.63) is 107 Å². The summed E-state index contributed by atoms with van der Waals surface area (Å²) in [5, 5.41) is 27.5. The van der Waals surface area contributed by atoms with Gasteiger partial charge in [-0.2, -0.15) is 0 Å². The lowest BCUT2D eigenvalue weighted by molar-refractivity contribution is -0.528. The first-order valence-electron chi connectivity index (χ1n) is 14.1. The number of methoxy groups -OCH3 is 1. The molecule has 0 bridgehead atoms. The van der Waals surface area contributed by atoms with E-state index >= 15 is 4.39 Å². The van der Waals surface area contributed by atoms with E-state index < -0.39 is 74.5 Å². The van der Waals surface area contributed by atoms with Gasteiger partial charge in [0.2, 0.25) is 6.04 Å². The molecule has 1 aromatic heterocycles. The van der Waals surface area contributed by atoms with Crippen LogP contribution in [0.15, 0.2) is 48.5 Å². The second kappa shape index (κ2) is 11.7. The largest absolute Gasteiger partial charge is 0.465 e. The number of anilines is 1. The van der Waals surface area contributed by atoms with E-state index in [9.17, 15) is 34.6 Å². The zero-order valence-corrected chi connectivity index (χ0v) is 25.5. The highest BCUT2D eigenvalue weighted by atomic mass is 35.5. The Bertz CT molecular complexity index is 1840. The fourth-order valence-electron chi connectivity index (χ4n) is 6.84. The number of nitro benzene ring substituents is 1. The van der Waals surface area contributed by atoms with Crippen molar-refractivity contribution in [2.24, 2.45) is 5.92 Å². The van der Waals surface area contributed by atoms with Crippen LogP contribution >= 0.6 is 23.2 Å². The van der Waals surface area contributed by atoms with Gasteiger partial charge in [0.25, 0.3) is 11.6 Å². The molecular formula is C30H24Cl2FN5O8. The van der Waals surface area contributed by atoms with Gasteiger partial charge in [-0.15, -0.1) is 0 Å². The first-order valence-corrected chi connectivity index (χ1v) is 14.9. The van der Waals surface area contributed by atoms with Crippen molar-refractivity contribution in [3.63, 3.8) is 0 Å². The van der Waals surface area contributed by atoms with Gasteiger partial charge in [0, 0.05) is 35.1 Å². The summed E-state index contributed by atoms with van der Waals surface area (Å²) in [6.07, 6.45) is 0.849. The van der Waals surface area contributed by atoms with Crippen LogP contribution in [0.3, 0.4) is 0 Å². The summed E-state index contributed by atoms with van der Waals surface area (Å²) in [7, 11) is 1.09. The van der Waals surface area contributed by atoms with Crippen molar-refractivity contribution in [2.45, 2.75) is 42.8 Å². The SMILES string of the molecule is COC(=O)c1ccc(C(=O)C[C@H]2[C@@H]([N+](=O)[O-])[C@H](c3cccc(Cl)c3F)[C@]3(C(=O)Nc4nc(Cl)ccc43)N2CC2CC2)c([N+](=O)[O-])c1. The van der Waals surface area contributed by atoms with Gasteiger partial charge < -0.3 is 10.1 Å². The Morgan fingerprint density at radius 3 is 2.54 bits per heavy atom. The molecule has 1 amide bonds. The number of esters is 1. The van der Waals surface area contributed by atoms with Crippen molar-refractivity contribution >= 4 is 52.4 Å². The molecule has 4 atom stereocenters. The molecule has 3 aromatic rings. The summed E-state index contributed by atoms with van der Waals surface area (Å²) in [6, 6.07) is 6.94. The molecule has 1 aliphatic carbocycles. The molecule has 0 radical (unpaired) electrons. The molecule has 2 fully saturated rings. The Labute approximate surface area is 269 Å². The molecule has 1 N–H and O–H groups in total. The standard InChI is InChI=1S/C30H24Cl2FN5O8/c1-46-28(40)15-7-8-16(20(11-15)37(42)43)22(39)12-21-26(38(44)45)24(17-3-2-4-19(31)25(17)33)30(36(21)13-14-5-6-14)18-9-10-23(32)34-27(18)35-29(30)41/h2-4,7-11,14,21,24,26H,5-6,12-13H2,1H3,(H,34,35,41)/t21-,24-,26+,30+/m0/s1. The normalized spacial score (nSPS) is 23.7. The number of Topliss-reactive ketones (excluding diaryl/α,β-unsaturated/α-hetero) is 1. The predicted octanol–water partition coefficient (Wildman–Crippen LogP) is 5.17. The molecule has 1 saturated carbocycles. The van der Waals surface area contributed by atoms with Crippen LogP contribution in [0.2, 0.25) is 10.2 Å². The Balaban J connectivity index is 1.56. The van der Waals surface area contributed by atoms with Crippen LogP contribution in [0.1, 0.15) is 57.0 Å². The first-order chi connectivity index (χ1) is 21.9. The fraction of sp³-hybridized carbons (Fsp3) is 0.333. The molecule has 1 spiro atoms. The summed E-state index contributed by atoms with van der Waals surface area (Å²) in [5.74, 6) is -4.87. The smallest absolute Gasteiger partial charge is 0.338 e. The molecule has 3 heterocycles. The number of hydrogen-bond acceptors (Lipinski definition) is 10. The van der Waals surface area contributed by atoms with Gasteiger partial charge >= 0.3 is 5.97 Å². The highest BCUT2D eigenvalue weighted by Crippen LogP contribution is 2.59. The van der Waals surface area contributed by atoms with Crippen LogP contribution < -0.4 is 5.32 Å². The number of carbonyl (C=O) groups excluding carboxylic acids is 3. The Kier molecular flexibility index (Phi) is 7.99. The van der Waals surface area contributed by atoms with Crippen LogP contribution in [0.5, 0.6) is 0 Å². The van der Waals surface area contributed by atoms with Gasteiger partial charge in [0.1, 0.15) is 22.3 Å². The maximum atomic E-state index is 15.9. The minimum Gasteiger partial charge on any atom is -0.465 e. The summed E-state index contributed by atoms with van der Waals surface area (Å²) < 4.78 is 20.5. The number of likely N-dealkylation sites (tertiary alicyclic amines) is 1. The summed E-state index contributed by atoms with van der Waals surface area (Å²) in [6.45, 7) is 0.125. The third-order valence-corrected chi connectivity index (χ3v) is 9.41. The van der Waals surface area contributed by atoms with E-state index in [1.807, 2.05) is 0 Å². The van der Waals surface area contributed by atoms with Crippen molar-refractivity contribution in [1.82, 2.24) is 9.88 Å². The lowest BCUT2D eigenvalue weighted by Gasteiger charge is -2.38. The van der Waals surface area contributed by atoms with Gasteiger partial charge in [0.15, 0.2) is 5.78 Å². The average Bonchev–Trinajstić information content (AvgIpc) is 3.74. The lowest BCUT2D eigenvalue weighted by Crippen LogP contribution is -2.53. The van der Waals surface area contributed by atoms with Gasteiger partial charge in [-0.1, -0.05) is 35.3 Å². The first kappa shape index (κ1) is 31.5. The third-order valence-electron chi connectivity index (χ3n) is 8.91. The van der Waals surface area contributed by atoms with E-state index in [-0.39, 0.29) is 45.1 Å². The number of halogens is 3. The van der Waals surface area contributed by atoms with Gasteiger partial charge in [-0.25, -0.2) is 14.2 Å². The molecule has 2 aromatic carbocycles. The summed E-state index contributed by atoms with van der Waals surface area (Å²) in [5.41, 5.74) is -3.20. The molecule has 0 unspecified atom stereocenters. The van der Waals surface area contributed by atoms with Crippen molar-refractivity contribution in [2.75, 3.05) is 19.0 Å². The van der Waals surface area contributed by atoms with Crippen LogP contribution in [-0.2, 0) is 15.1 Å². The molecular weight excluding hydrogens is 648 g/mol. The number of aromatic nitrogens is 1. The Morgan fingerprint density at radius 1 is 1.15 bits per heavy atom.